The molecule has 0 saturated heterocycles. The highest BCUT2D eigenvalue weighted by Crippen LogP contribution is 2.15. The van der Waals surface area contributed by atoms with Crippen molar-refractivity contribution in [2.75, 3.05) is 5.32 Å². The standard InChI is InChI=1S/C24H24N2O4/c1-16-13-20(12-6-9-17-7-3-2-4-8-17)30-24(29)22(16)23(28)26-19-11-5-10-18(14-19)15-21(25)27/h2-5,7-8,10-11,13-14H,6,9,12,15H2,1H3,(H2,25,27)(H,26,28). The second kappa shape index (κ2) is 9.69. The topological polar surface area (TPSA) is 102 Å². The molecule has 0 saturated carbocycles. The van der Waals surface area contributed by atoms with Crippen LogP contribution in [0.5, 0.6) is 0 Å². The molecule has 2 amide bonds. The van der Waals surface area contributed by atoms with Gasteiger partial charge in [-0.3, -0.25) is 9.59 Å². The molecule has 0 radical (unpaired) electrons. The van der Waals surface area contributed by atoms with Crippen molar-refractivity contribution in [2.24, 2.45) is 5.73 Å². The number of carbonyl (C=O) groups is 2. The van der Waals surface area contributed by atoms with E-state index in [0.29, 0.717) is 29.0 Å². The maximum Gasteiger partial charge on any atom is 0.349 e. The predicted octanol–water partition coefficient (Wildman–Crippen LogP) is 3.40. The van der Waals surface area contributed by atoms with E-state index in [1.165, 1.54) is 5.56 Å². The Morgan fingerprint density at radius 1 is 0.967 bits per heavy atom. The van der Waals surface area contributed by atoms with Crippen LogP contribution in [0.15, 0.2) is 69.9 Å². The summed E-state index contributed by atoms with van der Waals surface area (Å²) in [4.78, 5) is 36.2. The summed E-state index contributed by atoms with van der Waals surface area (Å²) in [5.74, 6) is -0.445. The van der Waals surface area contributed by atoms with Gasteiger partial charge in [0.25, 0.3) is 5.91 Å². The van der Waals surface area contributed by atoms with E-state index in [9.17, 15) is 14.4 Å². The molecule has 0 atom stereocenters. The molecule has 3 aromatic rings. The van der Waals surface area contributed by atoms with Crippen molar-refractivity contribution in [3.05, 3.63) is 99.1 Å². The molecule has 1 aromatic heterocycles. The second-order valence-electron chi connectivity index (χ2n) is 7.19. The van der Waals surface area contributed by atoms with E-state index in [-0.39, 0.29) is 12.0 Å². The van der Waals surface area contributed by atoms with E-state index < -0.39 is 17.4 Å². The van der Waals surface area contributed by atoms with Crippen LogP contribution in [-0.4, -0.2) is 11.8 Å². The van der Waals surface area contributed by atoms with Gasteiger partial charge in [0, 0.05) is 12.1 Å². The predicted molar refractivity (Wildman–Crippen MR) is 115 cm³/mol. The van der Waals surface area contributed by atoms with Crippen LogP contribution in [0.4, 0.5) is 5.69 Å². The number of hydrogen-bond acceptors (Lipinski definition) is 4. The lowest BCUT2D eigenvalue weighted by molar-refractivity contribution is -0.117. The Morgan fingerprint density at radius 2 is 1.70 bits per heavy atom. The average molecular weight is 404 g/mol. The first-order valence-electron chi connectivity index (χ1n) is 9.78. The smallest absolute Gasteiger partial charge is 0.349 e. The van der Waals surface area contributed by atoms with Gasteiger partial charge in [0.15, 0.2) is 0 Å². The summed E-state index contributed by atoms with van der Waals surface area (Å²) in [6.07, 6.45) is 2.41. The SMILES string of the molecule is Cc1cc(CCCc2ccccc2)oc(=O)c1C(=O)Nc1cccc(CC(N)=O)c1. The maximum absolute atomic E-state index is 12.6. The van der Waals surface area contributed by atoms with E-state index in [2.05, 4.69) is 17.4 Å². The number of amides is 2. The van der Waals surface area contributed by atoms with E-state index >= 15 is 0 Å². The molecule has 154 valence electrons. The first kappa shape index (κ1) is 21.0. The Labute approximate surface area is 174 Å². The van der Waals surface area contributed by atoms with Crippen LogP contribution in [0.25, 0.3) is 0 Å². The fraction of sp³-hybridized carbons (Fsp3) is 0.208. The third kappa shape index (κ3) is 5.67. The van der Waals surface area contributed by atoms with Crippen molar-refractivity contribution in [3.63, 3.8) is 0 Å². The fourth-order valence-electron chi connectivity index (χ4n) is 3.33. The van der Waals surface area contributed by atoms with Crippen LogP contribution < -0.4 is 16.7 Å². The van der Waals surface area contributed by atoms with E-state index in [1.54, 1.807) is 37.3 Å². The zero-order valence-electron chi connectivity index (χ0n) is 16.8. The molecule has 0 spiro atoms. The van der Waals surface area contributed by atoms with Gasteiger partial charge in [-0.05, 0) is 54.7 Å². The van der Waals surface area contributed by atoms with Gasteiger partial charge in [0.05, 0.1) is 6.42 Å². The molecule has 0 aliphatic carbocycles. The lowest BCUT2D eigenvalue weighted by atomic mass is 10.1. The molecule has 0 unspecified atom stereocenters. The molecule has 0 bridgehead atoms. The minimum Gasteiger partial charge on any atom is -0.427 e. The number of anilines is 1. The third-order valence-corrected chi connectivity index (χ3v) is 4.72. The minimum absolute atomic E-state index is 0.0258. The Hall–Kier alpha value is -3.67. The highest BCUT2D eigenvalue weighted by Gasteiger charge is 2.17. The minimum atomic E-state index is -0.657. The van der Waals surface area contributed by atoms with Crippen molar-refractivity contribution in [1.82, 2.24) is 0 Å². The quantitative estimate of drug-likeness (QED) is 0.601. The first-order valence-corrected chi connectivity index (χ1v) is 9.78. The number of hydrogen-bond donors (Lipinski definition) is 2. The lowest BCUT2D eigenvalue weighted by Gasteiger charge is -2.09. The number of nitrogens with one attached hydrogen (secondary N) is 1. The summed E-state index contributed by atoms with van der Waals surface area (Å²) in [6.45, 7) is 1.72. The number of rotatable bonds is 8. The Kier molecular flexibility index (Phi) is 6.80. The zero-order valence-corrected chi connectivity index (χ0v) is 16.8. The summed E-state index contributed by atoms with van der Waals surface area (Å²) in [5, 5.41) is 2.69. The lowest BCUT2D eigenvalue weighted by Crippen LogP contribution is -2.23. The summed E-state index contributed by atoms with van der Waals surface area (Å²) in [6, 6.07) is 18.6. The van der Waals surface area contributed by atoms with Crippen LogP contribution in [0.1, 0.15) is 39.2 Å². The molecule has 6 heteroatoms. The fourth-order valence-corrected chi connectivity index (χ4v) is 3.33. The van der Waals surface area contributed by atoms with Gasteiger partial charge in [-0.1, -0.05) is 42.5 Å². The molecule has 3 rings (SSSR count). The van der Waals surface area contributed by atoms with Crippen molar-refractivity contribution >= 4 is 17.5 Å². The largest absolute Gasteiger partial charge is 0.427 e. The van der Waals surface area contributed by atoms with Gasteiger partial charge in [-0.25, -0.2) is 4.79 Å². The number of aryl methyl sites for hydroxylation is 3. The second-order valence-corrected chi connectivity index (χ2v) is 7.19. The molecule has 0 aliphatic rings. The average Bonchev–Trinajstić information content (AvgIpc) is 2.68. The molecular formula is C24H24N2O4. The van der Waals surface area contributed by atoms with Crippen molar-refractivity contribution in [3.8, 4) is 0 Å². The van der Waals surface area contributed by atoms with Gasteiger partial charge in [0.1, 0.15) is 11.3 Å². The molecule has 2 aromatic carbocycles. The van der Waals surface area contributed by atoms with Gasteiger partial charge in [0.2, 0.25) is 5.91 Å². The van der Waals surface area contributed by atoms with Crippen LogP contribution in [0.2, 0.25) is 0 Å². The Balaban J connectivity index is 1.68. The Bertz CT molecular complexity index is 1100. The molecule has 30 heavy (non-hydrogen) atoms. The van der Waals surface area contributed by atoms with E-state index in [0.717, 1.165) is 12.8 Å². The maximum atomic E-state index is 12.6. The molecule has 0 aliphatic heterocycles. The van der Waals surface area contributed by atoms with E-state index in [4.69, 9.17) is 10.2 Å². The highest BCUT2D eigenvalue weighted by atomic mass is 16.4. The molecule has 0 fully saturated rings. The van der Waals surface area contributed by atoms with Crippen LogP contribution in [-0.2, 0) is 24.1 Å². The number of benzene rings is 2. The van der Waals surface area contributed by atoms with Gasteiger partial charge < -0.3 is 15.5 Å². The van der Waals surface area contributed by atoms with Crippen LogP contribution in [0.3, 0.4) is 0 Å². The van der Waals surface area contributed by atoms with Crippen molar-refractivity contribution in [2.45, 2.75) is 32.6 Å². The van der Waals surface area contributed by atoms with Crippen LogP contribution in [0, 0.1) is 6.92 Å². The summed E-state index contributed by atoms with van der Waals surface area (Å²) < 4.78 is 5.38. The third-order valence-electron chi connectivity index (χ3n) is 4.72. The van der Waals surface area contributed by atoms with Gasteiger partial charge >= 0.3 is 5.63 Å². The molecular weight excluding hydrogens is 380 g/mol. The Morgan fingerprint density at radius 3 is 2.40 bits per heavy atom. The van der Waals surface area contributed by atoms with Crippen molar-refractivity contribution in [1.29, 1.82) is 0 Å². The number of carbonyl (C=O) groups excluding carboxylic acids is 2. The van der Waals surface area contributed by atoms with Gasteiger partial charge in [-0.15, -0.1) is 0 Å². The number of nitrogens with two attached hydrogens (primary N) is 1. The molecule has 6 nitrogen and oxygen atoms in total. The van der Waals surface area contributed by atoms with E-state index in [1.807, 2.05) is 18.2 Å². The van der Waals surface area contributed by atoms with Crippen LogP contribution >= 0.6 is 0 Å². The summed E-state index contributed by atoms with van der Waals surface area (Å²) >= 11 is 0. The zero-order chi connectivity index (χ0) is 21.5. The molecule has 3 N–H and O–H groups in total. The van der Waals surface area contributed by atoms with Gasteiger partial charge in [-0.2, -0.15) is 0 Å². The number of primary amides is 1. The monoisotopic (exact) mass is 404 g/mol. The normalized spacial score (nSPS) is 10.6. The van der Waals surface area contributed by atoms with Crippen molar-refractivity contribution < 1.29 is 14.0 Å². The summed E-state index contributed by atoms with van der Waals surface area (Å²) in [7, 11) is 0. The highest BCUT2D eigenvalue weighted by molar-refractivity contribution is 6.05. The molecule has 1 heterocycles. The first-order chi connectivity index (χ1) is 14.4. The summed E-state index contributed by atoms with van der Waals surface area (Å²) in [5.41, 5.74) is 7.47.